The number of nitrogens with zero attached hydrogens (tertiary/aromatic N) is 4. The normalized spacial score (nSPS) is 22.9. The number of carbonyl (C=O) groups excluding carboxylic acids is 1. The summed E-state index contributed by atoms with van der Waals surface area (Å²) in [7, 11) is 2.06. The summed E-state index contributed by atoms with van der Waals surface area (Å²) in [4.78, 5) is 21.1. The number of carbonyl (C=O) groups is 1. The van der Waals surface area contributed by atoms with Crippen molar-refractivity contribution in [3.8, 4) is 6.07 Å². The number of ketones is 1. The van der Waals surface area contributed by atoms with Crippen LogP contribution in [0.5, 0.6) is 0 Å². The number of piperidine rings is 2. The molecule has 0 spiro atoms. The van der Waals surface area contributed by atoms with Gasteiger partial charge >= 0.3 is 6.18 Å². The van der Waals surface area contributed by atoms with Gasteiger partial charge in [0, 0.05) is 43.2 Å². The van der Waals surface area contributed by atoms with E-state index in [2.05, 4.69) is 23.0 Å². The van der Waals surface area contributed by atoms with Crippen LogP contribution in [0.4, 0.5) is 18.9 Å². The maximum absolute atomic E-state index is 13.8. The first-order valence-corrected chi connectivity index (χ1v) is 11.5. The average molecular weight is 459 g/mol. The monoisotopic (exact) mass is 458 g/mol. The lowest BCUT2D eigenvalue weighted by Crippen LogP contribution is -2.46. The standard InChI is InChI=1S/C25H29F3N4O/c1-31-9-6-17(7-10-31)12-21(33)13-18-11-20(25(26,27)28)16-32(15-18)23-5-4-19(14-29)24-22(23)3-2-8-30-24/h2-5,8,17-18,20H,6-7,9-13,15-16H2,1H3. The van der Waals surface area contributed by atoms with Gasteiger partial charge in [-0.15, -0.1) is 0 Å². The van der Waals surface area contributed by atoms with Crippen LogP contribution in [0.3, 0.4) is 0 Å². The third kappa shape index (κ3) is 5.47. The molecule has 0 amide bonds. The van der Waals surface area contributed by atoms with E-state index in [-0.39, 0.29) is 31.1 Å². The lowest BCUT2D eigenvalue weighted by molar-refractivity contribution is -0.179. The summed E-state index contributed by atoms with van der Waals surface area (Å²) in [6.45, 7) is 2.16. The SMILES string of the molecule is CN1CCC(CC(=O)CC2CC(C(F)(F)F)CN(c3ccc(C#N)c4ncccc34)C2)CC1. The van der Waals surface area contributed by atoms with Crippen LogP contribution in [0, 0.1) is 29.1 Å². The minimum absolute atomic E-state index is 0.0222. The second-order valence-corrected chi connectivity index (χ2v) is 9.58. The van der Waals surface area contributed by atoms with Gasteiger partial charge in [0.1, 0.15) is 11.9 Å². The molecule has 2 atom stereocenters. The average Bonchev–Trinajstić information content (AvgIpc) is 2.79. The van der Waals surface area contributed by atoms with Crippen LogP contribution in [0.2, 0.25) is 0 Å². The summed E-state index contributed by atoms with van der Waals surface area (Å²) < 4.78 is 41.4. The molecule has 4 rings (SSSR count). The van der Waals surface area contributed by atoms with Crippen LogP contribution >= 0.6 is 0 Å². The topological polar surface area (TPSA) is 60.2 Å². The number of benzene rings is 1. The quantitative estimate of drug-likeness (QED) is 0.644. The van der Waals surface area contributed by atoms with Crippen molar-refractivity contribution in [2.45, 2.75) is 38.3 Å². The van der Waals surface area contributed by atoms with E-state index in [9.17, 15) is 23.2 Å². The fraction of sp³-hybridized carbons (Fsp3) is 0.560. The third-order valence-corrected chi connectivity index (χ3v) is 7.08. The molecule has 2 aromatic rings. The number of rotatable bonds is 5. The fourth-order valence-corrected chi connectivity index (χ4v) is 5.30. The highest BCUT2D eigenvalue weighted by Gasteiger charge is 2.45. The first kappa shape index (κ1) is 23.5. The van der Waals surface area contributed by atoms with E-state index >= 15 is 0 Å². The number of likely N-dealkylation sites (tertiary alicyclic amines) is 1. The van der Waals surface area contributed by atoms with Gasteiger partial charge in [-0.2, -0.15) is 18.4 Å². The van der Waals surface area contributed by atoms with Crippen molar-refractivity contribution < 1.29 is 18.0 Å². The maximum atomic E-state index is 13.8. The zero-order valence-electron chi connectivity index (χ0n) is 18.8. The Labute approximate surface area is 192 Å². The summed E-state index contributed by atoms with van der Waals surface area (Å²) >= 11 is 0. The molecule has 5 nitrogen and oxygen atoms in total. The van der Waals surface area contributed by atoms with Crippen molar-refractivity contribution >= 4 is 22.4 Å². The van der Waals surface area contributed by atoms with Crippen LogP contribution < -0.4 is 4.90 Å². The smallest absolute Gasteiger partial charge is 0.370 e. The predicted octanol–water partition coefficient (Wildman–Crippen LogP) is 4.80. The second kappa shape index (κ2) is 9.68. The number of hydrogen-bond donors (Lipinski definition) is 0. The molecular formula is C25H29F3N4O. The van der Waals surface area contributed by atoms with Gasteiger partial charge in [0.05, 0.1) is 17.0 Å². The number of halogens is 3. The van der Waals surface area contributed by atoms with Gasteiger partial charge in [0.15, 0.2) is 0 Å². The molecule has 2 aliphatic heterocycles. The van der Waals surface area contributed by atoms with Gasteiger partial charge in [-0.3, -0.25) is 9.78 Å². The van der Waals surface area contributed by atoms with Crippen molar-refractivity contribution in [3.05, 3.63) is 36.0 Å². The summed E-state index contributed by atoms with van der Waals surface area (Å²) in [6, 6.07) is 8.93. The van der Waals surface area contributed by atoms with Gasteiger partial charge in [-0.05, 0) is 75.5 Å². The second-order valence-electron chi connectivity index (χ2n) is 9.58. The number of anilines is 1. The highest BCUT2D eigenvalue weighted by atomic mass is 19.4. The molecule has 0 N–H and O–H groups in total. The van der Waals surface area contributed by atoms with E-state index in [0.29, 0.717) is 41.0 Å². The molecule has 0 radical (unpaired) electrons. The molecule has 0 aliphatic carbocycles. The molecule has 2 unspecified atom stereocenters. The molecule has 8 heteroatoms. The Morgan fingerprint density at radius 2 is 1.88 bits per heavy atom. The largest absolute Gasteiger partial charge is 0.393 e. The molecule has 33 heavy (non-hydrogen) atoms. The Hall–Kier alpha value is -2.66. The minimum Gasteiger partial charge on any atom is -0.370 e. The minimum atomic E-state index is -4.32. The van der Waals surface area contributed by atoms with Crippen molar-refractivity contribution in [3.63, 3.8) is 0 Å². The summed E-state index contributed by atoms with van der Waals surface area (Å²) in [5, 5.41) is 10.0. The Kier molecular flexibility index (Phi) is 6.89. The molecule has 176 valence electrons. The lowest BCUT2D eigenvalue weighted by atomic mass is 9.83. The van der Waals surface area contributed by atoms with Gasteiger partial charge in [-0.25, -0.2) is 0 Å². The molecule has 2 saturated heterocycles. The van der Waals surface area contributed by atoms with E-state index in [4.69, 9.17) is 0 Å². The Morgan fingerprint density at radius 1 is 1.15 bits per heavy atom. The van der Waals surface area contributed by atoms with Gasteiger partial charge < -0.3 is 9.80 Å². The Balaban J connectivity index is 1.54. The van der Waals surface area contributed by atoms with Gasteiger partial charge in [-0.1, -0.05) is 0 Å². The molecule has 0 saturated carbocycles. The van der Waals surface area contributed by atoms with Crippen LogP contribution in [0.1, 0.15) is 37.7 Å². The lowest BCUT2D eigenvalue weighted by Gasteiger charge is -2.40. The summed E-state index contributed by atoms with van der Waals surface area (Å²) in [5.41, 5.74) is 1.52. The molecule has 2 aliphatic rings. The van der Waals surface area contributed by atoms with E-state index in [1.807, 2.05) is 0 Å². The predicted molar refractivity (Wildman–Crippen MR) is 121 cm³/mol. The van der Waals surface area contributed by atoms with E-state index < -0.39 is 12.1 Å². The number of pyridine rings is 1. The maximum Gasteiger partial charge on any atom is 0.393 e. The first-order valence-electron chi connectivity index (χ1n) is 11.5. The molecule has 0 bridgehead atoms. The highest BCUT2D eigenvalue weighted by molar-refractivity contribution is 5.95. The Morgan fingerprint density at radius 3 is 2.58 bits per heavy atom. The summed E-state index contributed by atoms with van der Waals surface area (Å²) in [5.74, 6) is -1.44. The van der Waals surface area contributed by atoms with Crippen molar-refractivity contribution in [1.82, 2.24) is 9.88 Å². The molecule has 1 aromatic heterocycles. The number of aromatic nitrogens is 1. The van der Waals surface area contributed by atoms with Crippen LogP contribution in [0.15, 0.2) is 30.5 Å². The number of nitriles is 1. The van der Waals surface area contributed by atoms with Gasteiger partial charge in [0.2, 0.25) is 0 Å². The van der Waals surface area contributed by atoms with Crippen LogP contribution in [-0.4, -0.2) is 55.1 Å². The van der Waals surface area contributed by atoms with E-state index in [0.717, 1.165) is 25.9 Å². The number of alkyl halides is 3. The van der Waals surface area contributed by atoms with E-state index in [1.54, 1.807) is 35.4 Å². The van der Waals surface area contributed by atoms with Crippen molar-refractivity contribution in [1.29, 1.82) is 5.26 Å². The zero-order chi connectivity index (χ0) is 23.6. The van der Waals surface area contributed by atoms with Crippen molar-refractivity contribution in [2.75, 3.05) is 38.1 Å². The highest BCUT2D eigenvalue weighted by Crippen LogP contribution is 2.40. The first-order chi connectivity index (χ1) is 15.7. The van der Waals surface area contributed by atoms with E-state index in [1.165, 1.54) is 0 Å². The zero-order valence-corrected chi connectivity index (χ0v) is 18.8. The molecule has 2 fully saturated rings. The van der Waals surface area contributed by atoms with Crippen molar-refractivity contribution in [2.24, 2.45) is 17.8 Å². The number of fused-ring (bicyclic) bond motifs is 1. The van der Waals surface area contributed by atoms with Crippen LogP contribution in [-0.2, 0) is 4.79 Å². The van der Waals surface area contributed by atoms with Gasteiger partial charge in [0.25, 0.3) is 0 Å². The molecule has 1 aromatic carbocycles. The molecule has 3 heterocycles. The molecular weight excluding hydrogens is 429 g/mol. The fourth-order valence-electron chi connectivity index (χ4n) is 5.30. The third-order valence-electron chi connectivity index (χ3n) is 7.08. The van der Waals surface area contributed by atoms with Crippen LogP contribution in [0.25, 0.3) is 10.9 Å². The number of Topliss-reactive ketones (excluding diaryl/α,β-unsaturated/α-hetero) is 1. The number of hydrogen-bond acceptors (Lipinski definition) is 5. The summed E-state index contributed by atoms with van der Waals surface area (Å²) in [6.07, 6.45) is -0.193. The Bertz CT molecular complexity index is 1040.